The summed E-state index contributed by atoms with van der Waals surface area (Å²) in [4.78, 5) is 13.6. The molecule has 0 radical (unpaired) electrons. The van der Waals surface area contributed by atoms with E-state index < -0.39 is 0 Å². The first-order valence-corrected chi connectivity index (χ1v) is 6.26. The normalized spacial score (nSPS) is 23.8. The minimum absolute atomic E-state index is 0.0676. The highest BCUT2D eigenvalue weighted by molar-refractivity contribution is 5.67. The van der Waals surface area contributed by atoms with E-state index in [0.29, 0.717) is 19.7 Å². The maximum absolute atomic E-state index is 11.9. The summed E-state index contributed by atoms with van der Waals surface area (Å²) in [5.74, 6) is 0. The monoisotopic (exact) mass is 249 g/mol. The number of hydrogen-bond donors (Lipinski definition) is 0. The minimum Gasteiger partial charge on any atom is -0.445 e. The zero-order chi connectivity index (χ0) is 13.0. The van der Waals surface area contributed by atoms with E-state index in [0.717, 1.165) is 5.56 Å². The van der Waals surface area contributed by atoms with E-state index in [9.17, 15) is 4.79 Å². The molecule has 0 aromatic heterocycles. The van der Waals surface area contributed by atoms with E-state index in [-0.39, 0.29) is 18.3 Å². The zero-order valence-electron chi connectivity index (χ0n) is 10.8. The summed E-state index contributed by atoms with van der Waals surface area (Å²) in [6.45, 7) is 5.44. The first-order chi connectivity index (χ1) is 8.65. The van der Waals surface area contributed by atoms with Crippen LogP contribution < -0.4 is 0 Å². The van der Waals surface area contributed by atoms with E-state index in [1.165, 1.54) is 0 Å². The Morgan fingerprint density at radius 3 is 2.50 bits per heavy atom. The third-order valence-corrected chi connectivity index (χ3v) is 2.88. The summed E-state index contributed by atoms with van der Waals surface area (Å²) in [5, 5.41) is 0. The van der Waals surface area contributed by atoms with Gasteiger partial charge in [-0.05, 0) is 19.4 Å². The number of carbonyl (C=O) groups excluding carboxylic acids is 1. The lowest BCUT2D eigenvalue weighted by Crippen LogP contribution is -2.48. The molecular formula is C14H19NO3. The quantitative estimate of drug-likeness (QED) is 0.808. The van der Waals surface area contributed by atoms with Gasteiger partial charge in [0, 0.05) is 0 Å². The van der Waals surface area contributed by atoms with Gasteiger partial charge in [0.05, 0.1) is 25.3 Å². The molecule has 18 heavy (non-hydrogen) atoms. The summed E-state index contributed by atoms with van der Waals surface area (Å²) < 4.78 is 10.9. The predicted molar refractivity (Wildman–Crippen MR) is 68.2 cm³/mol. The van der Waals surface area contributed by atoms with Crippen LogP contribution in [0.4, 0.5) is 4.79 Å². The lowest BCUT2D eigenvalue weighted by molar-refractivity contribution is -0.0644. The Kier molecular flexibility index (Phi) is 4.20. The van der Waals surface area contributed by atoms with Crippen molar-refractivity contribution >= 4 is 6.09 Å². The predicted octanol–water partition coefficient (Wildman–Crippen LogP) is 2.43. The fourth-order valence-corrected chi connectivity index (χ4v) is 2.14. The summed E-state index contributed by atoms with van der Waals surface area (Å²) >= 11 is 0. The van der Waals surface area contributed by atoms with E-state index in [4.69, 9.17) is 9.47 Å². The fraction of sp³-hybridized carbons (Fsp3) is 0.500. The molecule has 1 amide bonds. The molecule has 98 valence electrons. The number of nitrogens with zero attached hydrogens (tertiary/aromatic N) is 1. The Morgan fingerprint density at radius 1 is 1.28 bits per heavy atom. The van der Waals surface area contributed by atoms with E-state index >= 15 is 0 Å². The molecule has 2 atom stereocenters. The summed E-state index contributed by atoms with van der Waals surface area (Å²) in [5.41, 5.74) is 1.00. The maximum Gasteiger partial charge on any atom is 0.410 e. The number of benzene rings is 1. The average molecular weight is 249 g/mol. The molecule has 4 nitrogen and oxygen atoms in total. The van der Waals surface area contributed by atoms with Gasteiger partial charge in [-0.1, -0.05) is 30.3 Å². The van der Waals surface area contributed by atoms with Crippen molar-refractivity contribution < 1.29 is 14.3 Å². The molecule has 1 saturated heterocycles. The van der Waals surface area contributed by atoms with Gasteiger partial charge in [-0.2, -0.15) is 0 Å². The number of rotatable bonds is 2. The molecule has 4 heteroatoms. The Labute approximate surface area is 107 Å². The molecule has 1 aliphatic rings. The van der Waals surface area contributed by atoms with Crippen LogP contribution in [0.3, 0.4) is 0 Å². The van der Waals surface area contributed by atoms with Crippen LogP contribution in [-0.4, -0.2) is 36.3 Å². The molecule has 2 rings (SSSR count). The number of carbonyl (C=O) groups is 1. The van der Waals surface area contributed by atoms with Gasteiger partial charge in [0.2, 0.25) is 0 Å². The molecule has 1 heterocycles. The highest BCUT2D eigenvalue weighted by Gasteiger charge is 2.26. The van der Waals surface area contributed by atoms with Crippen molar-refractivity contribution in [1.82, 2.24) is 4.90 Å². The second kappa shape index (κ2) is 5.87. The van der Waals surface area contributed by atoms with Gasteiger partial charge in [0.25, 0.3) is 0 Å². The summed E-state index contributed by atoms with van der Waals surface area (Å²) in [6, 6.07) is 9.69. The van der Waals surface area contributed by atoms with Crippen LogP contribution in [0.1, 0.15) is 19.4 Å². The largest absolute Gasteiger partial charge is 0.445 e. The zero-order valence-corrected chi connectivity index (χ0v) is 10.8. The summed E-state index contributed by atoms with van der Waals surface area (Å²) in [7, 11) is 0. The van der Waals surface area contributed by atoms with E-state index in [2.05, 4.69) is 0 Å². The van der Waals surface area contributed by atoms with Crippen molar-refractivity contribution in [3.8, 4) is 0 Å². The van der Waals surface area contributed by atoms with Gasteiger partial charge < -0.3 is 14.4 Å². The molecular weight excluding hydrogens is 230 g/mol. The van der Waals surface area contributed by atoms with Gasteiger partial charge in [-0.15, -0.1) is 0 Å². The first-order valence-electron chi connectivity index (χ1n) is 6.26. The van der Waals surface area contributed by atoms with Gasteiger partial charge in [-0.3, -0.25) is 0 Å². The smallest absolute Gasteiger partial charge is 0.410 e. The fourth-order valence-electron chi connectivity index (χ4n) is 2.14. The molecule has 1 aromatic rings. The Morgan fingerprint density at radius 2 is 1.89 bits per heavy atom. The third kappa shape index (κ3) is 3.47. The second-order valence-corrected chi connectivity index (χ2v) is 4.70. The van der Waals surface area contributed by atoms with Crippen LogP contribution >= 0.6 is 0 Å². The lowest BCUT2D eigenvalue weighted by atomic mass is 10.2. The number of amides is 1. The molecule has 1 aromatic carbocycles. The van der Waals surface area contributed by atoms with E-state index in [1.807, 2.05) is 44.2 Å². The van der Waals surface area contributed by atoms with Gasteiger partial charge in [0.15, 0.2) is 0 Å². The molecule has 0 N–H and O–H groups in total. The molecule has 1 fully saturated rings. The Balaban J connectivity index is 1.84. The van der Waals surface area contributed by atoms with Crippen LogP contribution in [0, 0.1) is 0 Å². The van der Waals surface area contributed by atoms with Crippen LogP contribution in [-0.2, 0) is 16.1 Å². The first kappa shape index (κ1) is 12.9. The van der Waals surface area contributed by atoms with Crippen molar-refractivity contribution in [3.63, 3.8) is 0 Å². The van der Waals surface area contributed by atoms with Crippen LogP contribution in [0.2, 0.25) is 0 Å². The minimum atomic E-state index is -0.263. The van der Waals surface area contributed by atoms with Crippen molar-refractivity contribution in [2.45, 2.75) is 32.7 Å². The second-order valence-electron chi connectivity index (χ2n) is 4.70. The number of hydrogen-bond acceptors (Lipinski definition) is 3. The summed E-state index contributed by atoms with van der Waals surface area (Å²) in [6.07, 6.45) is -0.128. The highest BCUT2D eigenvalue weighted by Crippen LogP contribution is 2.12. The SMILES string of the molecule is CC1CN(C(=O)OCc2ccccc2)CC(C)O1. The third-order valence-electron chi connectivity index (χ3n) is 2.88. The highest BCUT2D eigenvalue weighted by atomic mass is 16.6. The molecule has 0 spiro atoms. The standard InChI is InChI=1S/C14H19NO3/c1-11-8-15(9-12(2)18-11)14(16)17-10-13-6-4-3-5-7-13/h3-7,11-12H,8-10H2,1-2H3. The van der Waals surface area contributed by atoms with Crippen molar-refractivity contribution in [2.24, 2.45) is 0 Å². The molecule has 0 aliphatic carbocycles. The topological polar surface area (TPSA) is 38.8 Å². The van der Waals surface area contributed by atoms with Crippen molar-refractivity contribution in [1.29, 1.82) is 0 Å². The van der Waals surface area contributed by atoms with Crippen molar-refractivity contribution in [2.75, 3.05) is 13.1 Å². The van der Waals surface area contributed by atoms with Gasteiger partial charge >= 0.3 is 6.09 Å². The molecule has 2 unspecified atom stereocenters. The maximum atomic E-state index is 11.9. The van der Waals surface area contributed by atoms with Crippen LogP contribution in [0.5, 0.6) is 0 Å². The lowest BCUT2D eigenvalue weighted by Gasteiger charge is -2.34. The Bertz CT molecular complexity index is 383. The van der Waals surface area contributed by atoms with Gasteiger partial charge in [-0.25, -0.2) is 4.79 Å². The van der Waals surface area contributed by atoms with Crippen LogP contribution in [0.15, 0.2) is 30.3 Å². The number of ether oxygens (including phenoxy) is 2. The molecule has 0 saturated carbocycles. The average Bonchev–Trinajstić information content (AvgIpc) is 2.36. The number of morpholine rings is 1. The Hall–Kier alpha value is -1.55. The van der Waals surface area contributed by atoms with E-state index in [1.54, 1.807) is 4.90 Å². The molecule has 1 aliphatic heterocycles. The molecule has 0 bridgehead atoms. The van der Waals surface area contributed by atoms with Crippen LogP contribution in [0.25, 0.3) is 0 Å². The van der Waals surface area contributed by atoms with Crippen molar-refractivity contribution in [3.05, 3.63) is 35.9 Å². The van der Waals surface area contributed by atoms with Gasteiger partial charge in [0.1, 0.15) is 6.61 Å².